The molecule has 0 saturated carbocycles. The van der Waals surface area contributed by atoms with Crippen LogP contribution in [0.25, 0.3) is 27.8 Å². The number of rotatable bonds is 2. The molecule has 0 aliphatic carbocycles. The Labute approximate surface area is 173 Å². The van der Waals surface area contributed by atoms with E-state index in [4.69, 9.17) is 15.2 Å². The zero-order chi connectivity index (χ0) is 20.8. The minimum absolute atomic E-state index is 0.223. The van der Waals surface area contributed by atoms with Gasteiger partial charge < -0.3 is 15.2 Å². The molecular weight excluding hydrogens is 378 g/mol. The number of ether oxygens (including phenoxy) is 2. The van der Waals surface area contributed by atoms with Crippen molar-refractivity contribution in [2.75, 3.05) is 18.9 Å². The van der Waals surface area contributed by atoms with Gasteiger partial charge in [-0.3, -0.25) is 9.36 Å². The van der Waals surface area contributed by atoms with Crippen LogP contribution in [0.5, 0.6) is 11.5 Å². The summed E-state index contributed by atoms with van der Waals surface area (Å²) in [6, 6.07) is 17.1. The first-order chi connectivity index (χ1) is 14.5. The second-order valence-corrected chi connectivity index (χ2v) is 7.45. The smallest absolute Gasteiger partial charge is 0.266 e. The predicted octanol–water partition coefficient (Wildman–Crippen LogP) is 4.02. The number of fused-ring (bicyclic) bond motifs is 2. The molecule has 1 aliphatic heterocycles. The minimum Gasteiger partial charge on any atom is -0.486 e. The number of hydrogen-bond acceptors (Lipinski definition) is 5. The van der Waals surface area contributed by atoms with Crippen molar-refractivity contribution in [3.05, 3.63) is 76.2 Å². The van der Waals surface area contributed by atoms with Crippen molar-refractivity contribution in [1.29, 1.82) is 0 Å². The highest BCUT2D eigenvalue weighted by Gasteiger charge is 2.21. The fourth-order valence-corrected chi connectivity index (χ4v) is 3.79. The summed E-state index contributed by atoms with van der Waals surface area (Å²) in [6.07, 6.45) is 0. The van der Waals surface area contributed by atoms with Gasteiger partial charge in [0, 0.05) is 11.1 Å². The molecule has 0 spiro atoms. The van der Waals surface area contributed by atoms with Gasteiger partial charge in [-0.05, 0) is 55.8 Å². The largest absolute Gasteiger partial charge is 0.486 e. The maximum atomic E-state index is 13.7. The second-order valence-electron chi connectivity index (χ2n) is 7.45. The highest BCUT2D eigenvalue weighted by molar-refractivity contribution is 5.97. The Morgan fingerprint density at radius 1 is 0.933 bits per heavy atom. The fourth-order valence-electron chi connectivity index (χ4n) is 3.79. The van der Waals surface area contributed by atoms with Crippen molar-refractivity contribution in [2.45, 2.75) is 13.8 Å². The summed E-state index contributed by atoms with van der Waals surface area (Å²) in [5.74, 6) is 1.28. The Morgan fingerprint density at radius 2 is 1.67 bits per heavy atom. The van der Waals surface area contributed by atoms with Crippen LogP contribution in [-0.2, 0) is 0 Å². The lowest BCUT2D eigenvalue weighted by atomic mass is 10.0. The third kappa shape index (κ3) is 2.88. The van der Waals surface area contributed by atoms with E-state index in [1.54, 1.807) is 4.57 Å². The monoisotopic (exact) mass is 399 g/mol. The van der Waals surface area contributed by atoms with E-state index in [0.29, 0.717) is 47.2 Å². The number of aromatic nitrogens is 2. The van der Waals surface area contributed by atoms with Crippen molar-refractivity contribution in [1.82, 2.24) is 9.55 Å². The van der Waals surface area contributed by atoms with E-state index < -0.39 is 0 Å². The summed E-state index contributed by atoms with van der Waals surface area (Å²) in [5, 5.41) is 0.727. The minimum atomic E-state index is -0.223. The summed E-state index contributed by atoms with van der Waals surface area (Å²) in [5.41, 5.74) is 11.0. The summed E-state index contributed by atoms with van der Waals surface area (Å²) < 4.78 is 13.0. The van der Waals surface area contributed by atoms with E-state index in [9.17, 15) is 4.79 Å². The number of aryl methyl sites for hydroxylation is 2. The number of pyridine rings is 2. The third-order valence-electron chi connectivity index (χ3n) is 5.33. The molecule has 2 aromatic heterocycles. The molecule has 6 heteroatoms. The molecule has 0 bridgehead atoms. The predicted molar refractivity (Wildman–Crippen MR) is 118 cm³/mol. The van der Waals surface area contributed by atoms with Crippen LogP contribution in [0.1, 0.15) is 11.3 Å². The summed E-state index contributed by atoms with van der Waals surface area (Å²) >= 11 is 0. The van der Waals surface area contributed by atoms with Gasteiger partial charge in [0.2, 0.25) is 0 Å². The number of nitrogens with two attached hydrogens (primary N) is 1. The SMILES string of the molecule is Cc1ccc(-n2c(=O)c(-c3ccc4c(c3)OCCO4)c(N)c3ccc(C)nc32)cc1. The normalized spacial score (nSPS) is 12.9. The van der Waals surface area contributed by atoms with E-state index in [-0.39, 0.29) is 5.56 Å². The molecule has 0 unspecified atom stereocenters. The molecule has 0 amide bonds. The lowest BCUT2D eigenvalue weighted by Crippen LogP contribution is -2.23. The van der Waals surface area contributed by atoms with E-state index in [1.807, 2.05) is 68.4 Å². The van der Waals surface area contributed by atoms with Crippen LogP contribution in [0, 0.1) is 13.8 Å². The molecule has 1 aliphatic rings. The van der Waals surface area contributed by atoms with E-state index in [0.717, 1.165) is 22.3 Å². The van der Waals surface area contributed by atoms with Gasteiger partial charge in [0.05, 0.1) is 16.9 Å². The number of hydrogen-bond donors (Lipinski definition) is 1. The van der Waals surface area contributed by atoms with Crippen LogP contribution >= 0.6 is 0 Å². The first kappa shape index (κ1) is 18.2. The molecular formula is C24H21N3O3. The molecule has 2 aromatic carbocycles. The highest BCUT2D eigenvalue weighted by atomic mass is 16.6. The third-order valence-corrected chi connectivity index (χ3v) is 5.33. The van der Waals surface area contributed by atoms with E-state index >= 15 is 0 Å². The first-order valence-corrected chi connectivity index (χ1v) is 9.82. The molecule has 6 nitrogen and oxygen atoms in total. The molecule has 0 fully saturated rings. The molecule has 0 atom stereocenters. The number of anilines is 1. The molecule has 0 radical (unpaired) electrons. The van der Waals surface area contributed by atoms with E-state index in [2.05, 4.69) is 4.98 Å². The second kappa shape index (κ2) is 6.91. The maximum Gasteiger partial charge on any atom is 0.266 e. The van der Waals surface area contributed by atoms with Crippen LogP contribution in [0.15, 0.2) is 59.4 Å². The first-order valence-electron chi connectivity index (χ1n) is 9.82. The van der Waals surface area contributed by atoms with Gasteiger partial charge >= 0.3 is 0 Å². The molecule has 30 heavy (non-hydrogen) atoms. The Bertz CT molecular complexity index is 1340. The molecule has 2 N–H and O–H groups in total. The summed E-state index contributed by atoms with van der Waals surface area (Å²) in [4.78, 5) is 18.4. The number of nitrogen functional groups attached to an aromatic ring is 1. The molecule has 150 valence electrons. The number of benzene rings is 2. The van der Waals surface area contributed by atoms with Gasteiger partial charge in [0.1, 0.15) is 18.9 Å². The van der Waals surface area contributed by atoms with Crippen molar-refractivity contribution in [2.24, 2.45) is 0 Å². The number of nitrogens with zero attached hydrogens (tertiary/aromatic N) is 2. The van der Waals surface area contributed by atoms with Crippen LogP contribution in [0.3, 0.4) is 0 Å². The van der Waals surface area contributed by atoms with Gasteiger partial charge in [-0.15, -0.1) is 0 Å². The van der Waals surface area contributed by atoms with Gasteiger partial charge in [-0.2, -0.15) is 0 Å². The van der Waals surface area contributed by atoms with Crippen molar-refractivity contribution < 1.29 is 9.47 Å². The van der Waals surface area contributed by atoms with Crippen LogP contribution in [0.2, 0.25) is 0 Å². The average Bonchev–Trinajstić information content (AvgIpc) is 2.75. The van der Waals surface area contributed by atoms with Gasteiger partial charge in [0.25, 0.3) is 5.56 Å². The maximum absolute atomic E-state index is 13.7. The van der Waals surface area contributed by atoms with Gasteiger partial charge in [-0.25, -0.2) is 4.98 Å². The summed E-state index contributed by atoms with van der Waals surface area (Å²) in [6.45, 7) is 4.89. The Hall–Kier alpha value is -3.80. The molecule has 0 saturated heterocycles. The standard InChI is InChI=1S/C24H21N3O3/c1-14-3-7-17(8-4-14)27-23-18(9-5-15(2)26-23)22(25)21(24(27)28)16-6-10-19-20(13-16)30-12-11-29-19/h3-10,13H,11-12,25H2,1-2H3. The molecule has 5 rings (SSSR count). The van der Waals surface area contributed by atoms with Gasteiger partial charge in [-0.1, -0.05) is 23.8 Å². The summed E-state index contributed by atoms with van der Waals surface area (Å²) in [7, 11) is 0. The Kier molecular flexibility index (Phi) is 4.20. The van der Waals surface area contributed by atoms with E-state index in [1.165, 1.54) is 0 Å². The zero-order valence-electron chi connectivity index (χ0n) is 16.8. The Balaban J connectivity index is 1.84. The highest BCUT2D eigenvalue weighted by Crippen LogP contribution is 2.37. The van der Waals surface area contributed by atoms with Crippen molar-refractivity contribution in [3.63, 3.8) is 0 Å². The van der Waals surface area contributed by atoms with Crippen LogP contribution in [-0.4, -0.2) is 22.8 Å². The lowest BCUT2D eigenvalue weighted by molar-refractivity contribution is 0.171. The zero-order valence-corrected chi connectivity index (χ0v) is 16.8. The topological polar surface area (TPSA) is 79.4 Å². The van der Waals surface area contributed by atoms with Crippen molar-refractivity contribution >= 4 is 16.7 Å². The lowest BCUT2D eigenvalue weighted by Gasteiger charge is -2.20. The Morgan fingerprint density at radius 3 is 2.43 bits per heavy atom. The molecule has 3 heterocycles. The van der Waals surface area contributed by atoms with Crippen LogP contribution < -0.4 is 20.8 Å². The van der Waals surface area contributed by atoms with Crippen LogP contribution in [0.4, 0.5) is 5.69 Å². The average molecular weight is 399 g/mol. The van der Waals surface area contributed by atoms with Crippen molar-refractivity contribution in [3.8, 4) is 28.3 Å². The van der Waals surface area contributed by atoms with Gasteiger partial charge in [0.15, 0.2) is 11.5 Å². The molecule has 4 aromatic rings. The quantitative estimate of drug-likeness (QED) is 0.551. The fraction of sp³-hybridized carbons (Fsp3) is 0.167.